The van der Waals surface area contributed by atoms with Crippen LogP contribution in [0.1, 0.15) is 11.1 Å². The predicted molar refractivity (Wildman–Crippen MR) is 104 cm³/mol. The third-order valence-corrected chi connectivity index (χ3v) is 7.03. The quantitative estimate of drug-likeness (QED) is 0.693. The summed E-state index contributed by atoms with van der Waals surface area (Å²) in [5.74, 6) is 0.0969. The Bertz CT molecular complexity index is 1180. The summed E-state index contributed by atoms with van der Waals surface area (Å²) >= 11 is 1.63. The molecule has 1 aliphatic heterocycles. The monoisotopic (exact) mass is 381 g/mol. The number of hydrogen-bond acceptors (Lipinski definition) is 6. The van der Waals surface area contributed by atoms with Crippen LogP contribution in [0.25, 0.3) is 10.9 Å². The summed E-state index contributed by atoms with van der Waals surface area (Å²) in [4.78, 5) is 5.80. The molecule has 7 heteroatoms. The second-order valence-corrected chi connectivity index (χ2v) is 8.98. The van der Waals surface area contributed by atoms with Crippen molar-refractivity contribution in [2.24, 2.45) is 0 Å². The summed E-state index contributed by atoms with van der Waals surface area (Å²) in [7, 11) is -3.26. The van der Waals surface area contributed by atoms with Gasteiger partial charge in [-0.05, 0) is 48.6 Å². The molecule has 1 aromatic heterocycles. The van der Waals surface area contributed by atoms with Gasteiger partial charge in [0.25, 0.3) is 0 Å². The predicted octanol–water partition coefficient (Wildman–Crippen LogP) is 3.90. The van der Waals surface area contributed by atoms with Gasteiger partial charge in [0.1, 0.15) is 6.07 Å². The van der Waals surface area contributed by atoms with Gasteiger partial charge in [-0.3, -0.25) is 4.98 Å². The molecule has 0 atom stereocenters. The average molecular weight is 381 g/mol. The molecule has 0 unspecified atom stereocenters. The van der Waals surface area contributed by atoms with Crippen molar-refractivity contribution >= 4 is 43.9 Å². The van der Waals surface area contributed by atoms with Crippen molar-refractivity contribution in [1.29, 1.82) is 5.26 Å². The first-order valence-corrected chi connectivity index (χ1v) is 10.9. The molecule has 0 aliphatic carbocycles. The molecule has 0 fully saturated rings. The zero-order valence-corrected chi connectivity index (χ0v) is 15.6. The lowest BCUT2D eigenvalue weighted by Crippen LogP contribution is -2.00. The van der Waals surface area contributed by atoms with Gasteiger partial charge in [0.2, 0.25) is 0 Å². The number of nitriles is 1. The third kappa shape index (κ3) is 2.71. The molecule has 3 aromatic rings. The van der Waals surface area contributed by atoms with Crippen LogP contribution in [-0.2, 0) is 16.3 Å². The van der Waals surface area contributed by atoms with Gasteiger partial charge in [-0.15, -0.1) is 11.8 Å². The van der Waals surface area contributed by atoms with Crippen molar-refractivity contribution in [3.63, 3.8) is 0 Å². The lowest BCUT2D eigenvalue weighted by Gasteiger charge is -2.14. The van der Waals surface area contributed by atoms with Crippen molar-refractivity contribution in [3.05, 3.63) is 53.7 Å². The van der Waals surface area contributed by atoms with E-state index in [4.69, 9.17) is 0 Å². The zero-order chi connectivity index (χ0) is 18.3. The molecule has 0 amide bonds. The average Bonchev–Trinajstić information content (AvgIpc) is 2.97. The highest BCUT2D eigenvalue weighted by atomic mass is 32.2. The maximum absolute atomic E-state index is 12.3. The van der Waals surface area contributed by atoms with Crippen LogP contribution in [0.15, 0.2) is 52.4 Å². The number of fused-ring (bicyclic) bond motifs is 3. The summed E-state index contributed by atoms with van der Waals surface area (Å²) in [6.45, 7) is 0. The molecule has 0 bridgehead atoms. The summed E-state index contributed by atoms with van der Waals surface area (Å²) in [6, 6.07) is 13.4. The number of rotatable bonds is 3. The Kier molecular flexibility index (Phi) is 4.10. The number of thioether (sulfide) groups is 1. The van der Waals surface area contributed by atoms with Crippen LogP contribution in [-0.4, -0.2) is 25.4 Å². The lowest BCUT2D eigenvalue weighted by molar-refractivity contribution is 0.600. The van der Waals surface area contributed by atoms with Crippen LogP contribution < -0.4 is 5.32 Å². The van der Waals surface area contributed by atoms with Gasteiger partial charge in [0.15, 0.2) is 9.84 Å². The van der Waals surface area contributed by atoms with Crippen molar-refractivity contribution in [2.75, 3.05) is 17.3 Å². The first kappa shape index (κ1) is 16.9. The molecule has 0 radical (unpaired) electrons. The Morgan fingerprint density at radius 2 is 2.12 bits per heavy atom. The Balaban J connectivity index is 1.98. The van der Waals surface area contributed by atoms with Gasteiger partial charge in [0, 0.05) is 22.2 Å². The van der Waals surface area contributed by atoms with Crippen molar-refractivity contribution in [3.8, 4) is 6.07 Å². The molecular formula is C19H15N3O2S2. The number of hydrogen-bond donors (Lipinski definition) is 1. The fourth-order valence-corrected chi connectivity index (χ4v) is 5.29. The number of anilines is 2. The SMILES string of the molecule is CSc1cccc(Nc2c(C#N)cnc3ccc4c(c23)CCS4(=O)=O)c1. The fraction of sp³-hybridized carbons (Fsp3) is 0.158. The van der Waals surface area contributed by atoms with E-state index in [0.29, 0.717) is 28.1 Å². The fourth-order valence-electron chi connectivity index (χ4n) is 3.28. The highest BCUT2D eigenvalue weighted by molar-refractivity contribution is 7.98. The van der Waals surface area contributed by atoms with Crippen LogP contribution in [0.4, 0.5) is 11.4 Å². The number of aromatic nitrogens is 1. The minimum Gasteiger partial charge on any atom is -0.354 e. The van der Waals surface area contributed by atoms with Crippen molar-refractivity contribution < 1.29 is 8.42 Å². The molecule has 4 rings (SSSR count). The molecule has 2 aromatic carbocycles. The van der Waals surface area contributed by atoms with Crippen LogP contribution >= 0.6 is 11.8 Å². The first-order chi connectivity index (χ1) is 12.5. The normalized spacial score (nSPS) is 14.8. The molecule has 2 heterocycles. The minimum atomic E-state index is -3.26. The first-order valence-electron chi connectivity index (χ1n) is 8.02. The number of sulfone groups is 1. The number of nitrogens with one attached hydrogen (secondary N) is 1. The number of nitrogens with zero attached hydrogens (tertiary/aromatic N) is 2. The van der Waals surface area contributed by atoms with E-state index in [1.165, 1.54) is 6.20 Å². The van der Waals surface area contributed by atoms with E-state index in [-0.39, 0.29) is 5.75 Å². The molecule has 130 valence electrons. The standard InChI is InChI=1S/C19H15N3O2S2/c1-25-14-4-2-3-13(9-14)22-19-12(10-20)11-21-16-5-6-17-15(18(16)19)7-8-26(17,23)24/h2-6,9,11H,7-8H2,1H3,(H,21,22). The van der Waals surface area contributed by atoms with Crippen molar-refractivity contribution in [2.45, 2.75) is 16.2 Å². The second kappa shape index (κ2) is 6.31. The Labute approximate surface area is 156 Å². The van der Waals surface area contributed by atoms with Gasteiger partial charge in [-0.2, -0.15) is 5.26 Å². The van der Waals surface area contributed by atoms with E-state index in [0.717, 1.165) is 21.5 Å². The Hall–Kier alpha value is -2.56. The van der Waals surface area contributed by atoms with Gasteiger partial charge < -0.3 is 5.32 Å². The summed E-state index contributed by atoms with van der Waals surface area (Å²) in [6.07, 6.45) is 3.96. The molecule has 1 aliphatic rings. The van der Waals surface area contributed by atoms with Gasteiger partial charge in [-0.25, -0.2) is 8.42 Å². The molecule has 1 N–H and O–H groups in total. The van der Waals surface area contributed by atoms with Gasteiger partial charge in [-0.1, -0.05) is 6.07 Å². The van der Waals surface area contributed by atoms with E-state index < -0.39 is 9.84 Å². The molecule has 0 saturated carbocycles. The summed E-state index contributed by atoms with van der Waals surface area (Å²) in [5, 5.41) is 13.6. The topological polar surface area (TPSA) is 82.8 Å². The van der Waals surface area contributed by atoms with E-state index in [9.17, 15) is 13.7 Å². The number of pyridine rings is 1. The highest BCUT2D eigenvalue weighted by Gasteiger charge is 2.29. The molecule has 26 heavy (non-hydrogen) atoms. The zero-order valence-electron chi connectivity index (χ0n) is 14.0. The van der Waals surface area contributed by atoms with Crippen LogP contribution in [0.2, 0.25) is 0 Å². The summed E-state index contributed by atoms with van der Waals surface area (Å²) in [5.41, 5.74) is 3.28. The van der Waals surface area contributed by atoms with E-state index >= 15 is 0 Å². The van der Waals surface area contributed by atoms with Crippen LogP contribution in [0.3, 0.4) is 0 Å². The third-order valence-electron chi connectivity index (χ3n) is 4.52. The van der Waals surface area contributed by atoms with Gasteiger partial charge in [0.05, 0.1) is 27.4 Å². The molecule has 0 saturated heterocycles. The number of aryl methyl sites for hydroxylation is 1. The van der Waals surface area contributed by atoms with Crippen LogP contribution in [0.5, 0.6) is 0 Å². The summed E-state index contributed by atoms with van der Waals surface area (Å²) < 4.78 is 24.6. The van der Waals surface area contributed by atoms with E-state index in [1.54, 1.807) is 23.9 Å². The second-order valence-electron chi connectivity index (χ2n) is 6.02. The van der Waals surface area contributed by atoms with E-state index in [2.05, 4.69) is 16.4 Å². The maximum atomic E-state index is 12.3. The lowest BCUT2D eigenvalue weighted by atomic mass is 10.0. The Morgan fingerprint density at radius 3 is 2.88 bits per heavy atom. The molecule has 0 spiro atoms. The minimum absolute atomic E-state index is 0.0969. The largest absolute Gasteiger partial charge is 0.354 e. The van der Waals surface area contributed by atoms with E-state index in [1.807, 2.05) is 30.5 Å². The molecule has 5 nitrogen and oxygen atoms in total. The smallest absolute Gasteiger partial charge is 0.179 e. The Morgan fingerprint density at radius 1 is 1.27 bits per heavy atom. The highest BCUT2D eigenvalue weighted by Crippen LogP contribution is 2.38. The van der Waals surface area contributed by atoms with Gasteiger partial charge >= 0.3 is 0 Å². The maximum Gasteiger partial charge on any atom is 0.179 e. The number of benzene rings is 2. The van der Waals surface area contributed by atoms with Crippen molar-refractivity contribution in [1.82, 2.24) is 4.98 Å². The molecular weight excluding hydrogens is 366 g/mol. The van der Waals surface area contributed by atoms with Crippen LogP contribution in [0, 0.1) is 11.3 Å².